The molecule has 6 heteroatoms. The molecule has 1 heterocycles. The number of hydrogen-bond donors (Lipinski definition) is 0. The summed E-state index contributed by atoms with van der Waals surface area (Å²) in [7, 11) is 3.26. The van der Waals surface area contributed by atoms with Crippen LogP contribution in [0.15, 0.2) is 41.6 Å². The lowest BCUT2D eigenvalue weighted by atomic mass is 10.1. The smallest absolute Gasteiger partial charge is 0.253 e. The Labute approximate surface area is 132 Å². The third-order valence-corrected chi connectivity index (χ3v) is 4.05. The van der Waals surface area contributed by atoms with E-state index in [0.717, 1.165) is 14.8 Å². The quantitative estimate of drug-likeness (QED) is 0.623. The second-order valence-corrected chi connectivity index (χ2v) is 6.21. The molecule has 4 nitrogen and oxygen atoms in total. The van der Waals surface area contributed by atoms with Gasteiger partial charge in [0.05, 0.1) is 17.1 Å². The zero-order valence-corrected chi connectivity index (χ0v) is 13.3. The number of benzene rings is 1. The molecule has 0 unspecified atom stereocenters. The van der Waals surface area contributed by atoms with Gasteiger partial charge in [0, 0.05) is 17.5 Å². The van der Waals surface area contributed by atoms with E-state index in [1.165, 1.54) is 18.4 Å². The molecule has 0 saturated carbocycles. The zero-order valence-electron chi connectivity index (χ0n) is 11.7. The summed E-state index contributed by atoms with van der Waals surface area (Å²) in [6.45, 7) is 0.545. The van der Waals surface area contributed by atoms with Gasteiger partial charge < -0.3 is 9.74 Å². The van der Waals surface area contributed by atoms with Crippen LogP contribution in [0.1, 0.15) is 20.8 Å². The third kappa shape index (κ3) is 4.31. The van der Waals surface area contributed by atoms with E-state index in [2.05, 4.69) is 9.99 Å². The van der Waals surface area contributed by atoms with Crippen molar-refractivity contribution in [2.75, 3.05) is 14.2 Å². The van der Waals surface area contributed by atoms with Crippen molar-refractivity contribution in [1.82, 2.24) is 4.90 Å². The van der Waals surface area contributed by atoms with Crippen molar-refractivity contribution in [3.8, 4) is 0 Å². The van der Waals surface area contributed by atoms with Gasteiger partial charge in [0.1, 0.15) is 7.11 Å². The zero-order chi connectivity index (χ0) is 15.2. The Balaban J connectivity index is 2.03. The molecule has 0 aliphatic heterocycles. The first-order valence-electron chi connectivity index (χ1n) is 6.26. The highest BCUT2D eigenvalue weighted by atomic mass is 35.5. The molecule has 2 aromatic rings. The Morgan fingerprint density at radius 3 is 2.62 bits per heavy atom. The lowest BCUT2D eigenvalue weighted by Gasteiger charge is -2.16. The van der Waals surface area contributed by atoms with Gasteiger partial charge in [-0.3, -0.25) is 4.79 Å². The molecule has 1 amide bonds. The van der Waals surface area contributed by atoms with Crippen LogP contribution in [0.5, 0.6) is 0 Å². The molecular formula is C15H15ClN2O2S. The van der Waals surface area contributed by atoms with Crippen LogP contribution in [0.2, 0.25) is 4.34 Å². The predicted octanol–water partition coefficient (Wildman–Crippen LogP) is 3.65. The van der Waals surface area contributed by atoms with Gasteiger partial charge in [-0.1, -0.05) is 28.9 Å². The molecule has 1 aromatic heterocycles. The SMILES string of the molecule is CO/N=C/c1ccc(C(=O)N(C)Cc2ccc(Cl)s2)cc1. The van der Waals surface area contributed by atoms with E-state index in [1.807, 2.05) is 24.3 Å². The lowest BCUT2D eigenvalue weighted by Crippen LogP contribution is -2.25. The van der Waals surface area contributed by atoms with Crippen molar-refractivity contribution in [2.24, 2.45) is 5.16 Å². The van der Waals surface area contributed by atoms with Crippen molar-refractivity contribution < 1.29 is 9.63 Å². The van der Waals surface area contributed by atoms with E-state index in [9.17, 15) is 4.79 Å². The molecule has 2 rings (SSSR count). The van der Waals surface area contributed by atoms with E-state index in [-0.39, 0.29) is 5.91 Å². The first-order chi connectivity index (χ1) is 10.1. The van der Waals surface area contributed by atoms with Crippen molar-refractivity contribution in [1.29, 1.82) is 0 Å². The average molecular weight is 323 g/mol. The fourth-order valence-corrected chi connectivity index (χ4v) is 2.93. The van der Waals surface area contributed by atoms with Crippen LogP contribution in [0, 0.1) is 0 Å². The largest absolute Gasteiger partial charge is 0.399 e. The second-order valence-electron chi connectivity index (χ2n) is 4.41. The topological polar surface area (TPSA) is 41.9 Å². The summed E-state index contributed by atoms with van der Waals surface area (Å²) in [5, 5.41) is 3.68. The number of nitrogens with zero attached hydrogens (tertiary/aromatic N) is 2. The van der Waals surface area contributed by atoms with Gasteiger partial charge in [0.25, 0.3) is 5.91 Å². The van der Waals surface area contributed by atoms with Crippen LogP contribution < -0.4 is 0 Å². The van der Waals surface area contributed by atoms with Crippen LogP contribution in [-0.4, -0.2) is 31.2 Å². The van der Waals surface area contributed by atoms with Gasteiger partial charge in [-0.05, 0) is 29.8 Å². The summed E-state index contributed by atoms with van der Waals surface area (Å²) < 4.78 is 0.729. The highest BCUT2D eigenvalue weighted by Crippen LogP contribution is 2.22. The molecule has 0 aliphatic rings. The summed E-state index contributed by atoms with van der Waals surface area (Å²) in [6, 6.07) is 11.0. The number of thiophene rings is 1. The summed E-state index contributed by atoms with van der Waals surface area (Å²) >= 11 is 7.37. The Morgan fingerprint density at radius 2 is 2.05 bits per heavy atom. The number of rotatable bonds is 5. The van der Waals surface area contributed by atoms with Gasteiger partial charge in [-0.25, -0.2) is 0 Å². The molecule has 0 fully saturated rings. The third-order valence-electron chi connectivity index (χ3n) is 2.83. The van der Waals surface area contributed by atoms with Crippen LogP contribution in [0.3, 0.4) is 0 Å². The monoisotopic (exact) mass is 322 g/mol. The average Bonchev–Trinajstić information content (AvgIpc) is 2.90. The molecule has 0 bridgehead atoms. The normalized spacial score (nSPS) is 10.8. The molecule has 0 saturated heterocycles. The standard InChI is InChI=1S/C15H15ClN2O2S/c1-18(10-13-7-8-14(16)21-13)15(19)12-5-3-11(4-6-12)9-17-20-2/h3-9H,10H2,1-2H3/b17-9+. The van der Waals surface area contributed by atoms with E-state index >= 15 is 0 Å². The molecular weight excluding hydrogens is 308 g/mol. The van der Waals surface area contributed by atoms with Crippen molar-refractivity contribution in [3.63, 3.8) is 0 Å². The van der Waals surface area contributed by atoms with Crippen LogP contribution >= 0.6 is 22.9 Å². The molecule has 1 aromatic carbocycles. The summed E-state index contributed by atoms with van der Waals surface area (Å²) in [5.41, 5.74) is 1.51. The molecule has 0 atom stereocenters. The summed E-state index contributed by atoms with van der Waals surface area (Å²) in [6.07, 6.45) is 1.59. The van der Waals surface area contributed by atoms with Gasteiger partial charge in [0.15, 0.2) is 0 Å². The number of halogens is 1. The Bertz CT molecular complexity index is 637. The van der Waals surface area contributed by atoms with Gasteiger partial charge in [-0.15, -0.1) is 11.3 Å². The fraction of sp³-hybridized carbons (Fsp3) is 0.200. The maximum atomic E-state index is 12.3. The summed E-state index contributed by atoms with van der Waals surface area (Å²) in [5.74, 6) is -0.0326. The van der Waals surface area contributed by atoms with Crippen molar-refractivity contribution in [3.05, 3.63) is 56.7 Å². The number of carbonyl (C=O) groups is 1. The number of oxime groups is 1. The predicted molar refractivity (Wildman–Crippen MR) is 86.2 cm³/mol. The minimum atomic E-state index is -0.0326. The van der Waals surface area contributed by atoms with E-state index in [1.54, 1.807) is 30.3 Å². The first-order valence-corrected chi connectivity index (χ1v) is 7.46. The minimum absolute atomic E-state index is 0.0326. The Hall–Kier alpha value is -1.85. The van der Waals surface area contributed by atoms with Gasteiger partial charge >= 0.3 is 0 Å². The first kappa shape index (κ1) is 15.5. The van der Waals surface area contributed by atoms with Crippen molar-refractivity contribution in [2.45, 2.75) is 6.54 Å². The fourth-order valence-electron chi connectivity index (χ4n) is 1.79. The molecule has 0 spiro atoms. The minimum Gasteiger partial charge on any atom is -0.399 e. The van der Waals surface area contributed by atoms with E-state index in [4.69, 9.17) is 11.6 Å². The molecule has 0 aliphatic carbocycles. The van der Waals surface area contributed by atoms with E-state index in [0.29, 0.717) is 12.1 Å². The molecule has 0 N–H and O–H groups in total. The van der Waals surface area contributed by atoms with Crippen LogP contribution in [-0.2, 0) is 11.4 Å². The van der Waals surface area contributed by atoms with Crippen LogP contribution in [0.25, 0.3) is 0 Å². The maximum Gasteiger partial charge on any atom is 0.253 e. The highest BCUT2D eigenvalue weighted by molar-refractivity contribution is 7.16. The lowest BCUT2D eigenvalue weighted by molar-refractivity contribution is 0.0786. The van der Waals surface area contributed by atoms with Crippen molar-refractivity contribution >= 4 is 35.1 Å². The molecule has 21 heavy (non-hydrogen) atoms. The number of amides is 1. The second kappa shape index (κ2) is 7.24. The van der Waals surface area contributed by atoms with E-state index < -0.39 is 0 Å². The number of hydrogen-bond acceptors (Lipinski definition) is 4. The summed E-state index contributed by atoms with van der Waals surface area (Å²) in [4.78, 5) is 19.7. The van der Waals surface area contributed by atoms with Gasteiger partial charge in [0.2, 0.25) is 0 Å². The van der Waals surface area contributed by atoms with Gasteiger partial charge in [-0.2, -0.15) is 0 Å². The molecule has 110 valence electrons. The maximum absolute atomic E-state index is 12.3. The molecule has 0 radical (unpaired) electrons. The number of carbonyl (C=O) groups excluding carboxylic acids is 1. The Kier molecular flexibility index (Phi) is 5.36. The van der Waals surface area contributed by atoms with Crippen LogP contribution in [0.4, 0.5) is 0 Å². The Morgan fingerprint density at radius 1 is 1.33 bits per heavy atom. The highest BCUT2D eigenvalue weighted by Gasteiger charge is 2.12.